The van der Waals surface area contributed by atoms with Gasteiger partial charge in [0.05, 0.1) is 5.01 Å². The van der Waals surface area contributed by atoms with Crippen LogP contribution in [0.25, 0.3) is 0 Å². The molecule has 0 bridgehead atoms. The fraction of sp³-hybridized carbons (Fsp3) is 0.765. The number of carbonyl (C=O) groups excluding carboxylic acids is 1. The van der Waals surface area contributed by atoms with Crippen molar-refractivity contribution in [3.05, 3.63) is 16.6 Å². The number of hydrogen-bond donors (Lipinski definition) is 1. The molecule has 1 saturated heterocycles. The van der Waals surface area contributed by atoms with Gasteiger partial charge >= 0.3 is 6.03 Å². The molecule has 0 aromatic carbocycles. The molecule has 0 radical (unpaired) electrons. The largest absolute Gasteiger partial charge is 0.336 e. The Labute approximate surface area is 144 Å². The maximum atomic E-state index is 12.3. The summed E-state index contributed by atoms with van der Waals surface area (Å²) in [4.78, 5) is 20.9. The predicted molar refractivity (Wildman–Crippen MR) is 96.0 cm³/mol. The molecule has 1 N–H and O–H groups in total. The monoisotopic (exact) mass is 338 g/mol. The third-order valence-electron chi connectivity index (χ3n) is 4.63. The van der Waals surface area contributed by atoms with Gasteiger partial charge in [0.15, 0.2) is 0 Å². The van der Waals surface area contributed by atoms with E-state index >= 15 is 0 Å². The van der Waals surface area contributed by atoms with Crippen molar-refractivity contribution in [1.29, 1.82) is 0 Å². The molecule has 2 rings (SSSR count). The van der Waals surface area contributed by atoms with E-state index in [1.54, 1.807) is 16.2 Å². The van der Waals surface area contributed by atoms with Crippen LogP contribution in [0.15, 0.2) is 11.6 Å². The van der Waals surface area contributed by atoms with Gasteiger partial charge in [-0.2, -0.15) is 0 Å². The zero-order valence-corrected chi connectivity index (χ0v) is 15.6. The maximum absolute atomic E-state index is 12.3. The van der Waals surface area contributed by atoms with Gasteiger partial charge in [0.1, 0.15) is 0 Å². The van der Waals surface area contributed by atoms with E-state index in [9.17, 15) is 4.79 Å². The van der Waals surface area contributed by atoms with Crippen LogP contribution in [-0.4, -0.2) is 60.1 Å². The second-order valence-corrected chi connectivity index (χ2v) is 7.86. The van der Waals surface area contributed by atoms with Crippen LogP contribution in [0, 0.1) is 5.92 Å². The van der Waals surface area contributed by atoms with Crippen LogP contribution in [0.3, 0.4) is 0 Å². The lowest BCUT2D eigenvalue weighted by Gasteiger charge is -2.35. The molecule has 5 nitrogen and oxygen atoms in total. The number of likely N-dealkylation sites (N-methyl/N-ethyl adjacent to an activating group) is 1. The molecule has 2 heterocycles. The van der Waals surface area contributed by atoms with E-state index in [0.717, 1.165) is 24.0 Å². The fourth-order valence-corrected chi connectivity index (χ4v) is 3.86. The molecule has 1 aliphatic heterocycles. The van der Waals surface area contributed by atoms with E-state index in [-0.39, 0.29) is 11.9 Å². The summed E-state index contributed by atoms with van der Waals surface area (Å²) in [5, 5.41) is 6.14. The van der Waals surface area contributed by atoms with Crippen LogP contribution in [0.4, 0.5) is 4.79 Å². The van der Waals surface area contributed by atoms with Crippen molar-refractivity contribution in [3.8, 4) is 0 Å². The Morgan fingerprint density at radius 3 is 3.00 bits per heavy atom. The van der Waals surface area contributed by atoms with Crippen molar-refractivity contribution in [2.24, 2.45) is 5.92 Å². The zero-order chi connectivity index (χ0) is 16.8. The first-order valence-electron chi connectivity index (χ1n) is 8.59. The quantitative estimate of drug-likeness (QED) is 0.867. The number of rotatable bonds is 6. The molecule has 0 aliphatic carbocycles. The van der Waals surface area contributed by atoms with Gasteiger partial charge in [0.2, 0.25) is 0 Å². The molecule has 1 aromatic rings. The standard InChI is InChI=1S/C17H30N4OS/c1-13-6-5-8-21(11-13)15(3)10-19-17(22)20(4)12-14(2)16-18-7-9-23-16/h7,9,13-15H,5-6,8,10-12H2,1-4H3,(H,19,22). The van der Waals surface area contributed by atoms with Crippen LogP contribution in [0.2, 0.25) is 0 Å². The molecule has 3 atom stereocenters. The van der Waals surface area contributed by atoms with Gasteiger partial charge in [0, 0.05) is 50.2 Å². The number of hydrogen-bond acceptors (Lipinski definition) is 4. The summed E-state index contributed by atoms with van der Waals surface area (Å²) in [7, 11) is 1.85. The first kappa shape index (κ1) is 18.2. The molecule has 2 amide bonds. The van der Waals surface area contributed by atoms with Gasteiger partial charge in [-0.25, -0.2) is 9.78 Å². The molecule has 130 valence electrons. The van der Waals surface area contributed by atoms with Gasteiger partial charge in [0.25, 0.3) is 0 Å². The van der Waals surface area contributed by atoms with E-state index in [4.69, 9.17) is 0 Å². The highest BCUT2D eigenvalue weighted by Crippen LogP contribution is 2.19. The minimum absolute atomic E-state index is 0.00492. The molecule has 1 fully saturated rings. The van der Waals surface area contributed by atoms with E-state index in [1.165, 1.54) is 12.8 Å². The highest BCUT2D eigenvalue weighted by atomic mass is 32.1. The second-order valence-electron chi connectivity index (χ2n) is 6.93. The Bertz CT molecular complexity index is 479. The highest BCUT2D eigenvalue weighted by molar-refractivity contribution is 7.09. The highest BCUT2D eigenvalue weighted by Gasteiger charge is 2.22. The lowest BCUT2D eigenvalue weighted by molar-refractivity contribution is 0.135. The summed E-state index contributed by atoms with van der Waals surface area (Å²) < 4.78 is 0. The van der Waals surface area contributed by atoms with Crippen LogP contribution in [-0.2, 0) is 0 Å². The first-order valence-corrected chi connectivity index (χ1v) is 9.47. The van der Waals surface area contributed by atoms with E-state index in [2.05, 4.69) is 36.0 Å². The minimum Gasteiger partial charge on any atom is -0.336 e. The van der Waals surface area contributed by atoms with Crippen LogP contribution in [0.1, 0.15) is 44.5 Å². The minimum atomic E-state index is 0.00492. The Kier molecular flexibility index (Phi) is 6.84. The number of carbonyl (C=O) groups is 1. The number of amides is 2. The van der Waals surface area contributed by atoms with E-state index in [1.807, 2.05) is 18.6 Å². The Morgan fingerprint density at radius 1 is 1.57 bits per heavy atom. The fourth-order valence-electron chi connectivity index (χ4n) is 3.17. The summed E-state index contributed by atoms with van der Waals surface area (Å²) in [6, 6.07) is 0.400. The number of piperidine rings is 1. The average Bonchev–Trinajstić information content (AvgIpc) is 3.06. The molecule has 1 aromatic heterocycles. The summed E-state index contributed by atoms with van der Waals surface area (Å²) >= 11 is 1.65. The van der Waals surface area contributed by atoms with Crippen molar-refractivity contribution in [3.63, 3.8) is 0 Å². The summed E-state index contributed by atoms with van der Waals surface area (Å²) in [6.45, 7) is 10.3. The average molecular weight is 339 g/mol. The third-order valence-corrected chi connectivity index (χ3v) is 5.63. The number of aromatic nitrogens is 1. The molecular formula is C17H30N4OS. The SMILES string of the molecule is CC1CCCN(C(C)CNC(=O)N(C)CC(C)c2nccs2)C1. The molecule has 0 saturated carbocycles. The number of nitrogens with zero attached hydrogens (tertiary/aromatic N) is 3. The number of likely N-dealkylation sites (tertiary alicyclic amines) is 1. The van der Waals surface area contributed by atoms with Crippen molar-refractivity contribution in [1.82, 2.24) is 20.1 Å². The number of nitrogens with one attached hydrogen (secondary N) is 1. The van der Waals surface area contributed by atoms with Gasteiger partial charge in [-0.05, 0) is 32.2 Å². The lowest BCUT2D eigenvalue weighted by atomic mass is 9.99. The van der Waals surface area contributed by atoms with Gasteiger partial charge in [-0.15, -0.1) is 11.3 Å². The van der Waals surface area contributed by atoms with Crippen LogP contribution in [0.5, 0.6) is 0 Å². The third kappa shape index (κ3) is 5.46. The zero-order valence-electron chi connectivity index (χ0n) is 14.8. The van der Waals surface area contributed by atoms with Crippen molar-refractivity contribution in [2.45, 2.75) is 45.6 Å². The molecule has 0 spiro atoms. The van der Waals surface area contributed by atoms with E-state index < -0.39 is 0 Å². The summed E-state index contributed by atoms with van der Waals surface area (Å²) in [5.74, 6) is 1.04. The van der Waals surface area contributed by atoms with Crippen molar-refractivity contribution in [2.75, 3.05) is 33.2 Å². The normalized spacial score (nSPS) is 21.7. The van der Waals surface area contributed by atoms with Gasteiger partial charge in [-0.1, -0.05) is 13.8 Å². The second kappa shape index (κ2) is 8.64. The van der Waals surface area contributed by atoms with Gasteiger partial charge < -0.3 is 10.2 Å². The molecule has 3 unspecified atom stereocenters. The molecular weight excluding hydrogens is 308 g/mol. The number of urea groups is 1. The molecule has 6 heteroatoms. The van der Waals surface area contributed by atoms with E-state index in [0.29, 0.717) is 19.1 Å². The maximum Gasteiger partial charge on any atom is 0.317 e. The topological polar surface area (TPSA) is 48.5 Å². The lowest BCUT2D eigenvalue weighted by Crippen LogP contribution is -2.48. The van der Waals surface area contributed by atoms with Crippen LogP contribution < -0.4 is 5.32 Å². The van der Waals surface area contributed by atoms with Crippen molar-refractivity contribution < 1.29 is 4.79 Å². The Balaban J connectivity index is 1.73. The summed E-state index contributed by atoms with van der Waals surface area (Å²) in [5.41, 5.74) is 0. The van der Waals surface area contributed by atoms with Crippen molar-refractivity contribution >= 4 is 17.4 Å². The summed E-state index contributed by atoms with van der Waals surface area (Å²) in [6.07, 6.45) is 4.41. The van der Waals surface area contributed by atoms with Crippen LogP contribution >= 0.6 is 11.3 Å². The number of thiazole rings is 1. The molecule has 23 heavy (non-hydrogen) atoms. The Hall–Kier alpha value is -1.14. The first-order chi connectivity index (χ1) is 11.0. The predicted octanol–water partition coefficient (Wildman–Crippen LogP) is 3.01. The Morgan fingerprint density at radius 2 is 2.35 bits per heavy atom. The van der Waals surface area contributed by atoms with Gasteiger partial charge in [-0.3, -0.25) is 4.90 Å². The smallest absolute Gasteiger partial charge is 0.317 e. The molecule has 1 aliphatic rings.